The molecule has 0 N–H and O–H groups in total. The number of rotatable bonds is 11. The van der Waals surface area contributed by atoms with E-state index < -0.39 is 17.4 Å². The summed E-state index contributed by atoms with van der Waals surface area (Å²) in [5, 5.41) is 24.3. The van der Waals surface area contributed by atoms with Crippen molar-refractivity contribution in [2.45, 2.75) is 148 Å². The Morgan fingerprint density at radius 3 is 1.50 bits per heavy atom. The van der Waals surface area contributed by atoms with Crippen molar-refractivity contribution in [1.82, 2.24) is 9.80 Å². The molecular weight excluding hydrogens is 452 g/mol. The molecule has 210 valence electrons. The second-order valence-electron chi connectivity index (χ2n) is 14.2. The first-order valence-corrected chi connectivity index (χ1v) is 14.2. The molecule has 2 aliphatic heterocycles. The minimum Gasteiger partial charge on any atom is -0.550 e. The van der Waals surface area contributed by atoms with Gasteiger partial charge in [0.2, 0.25) is 0 Å². The zero-order valence-corrected chi connectivity index (χ0v) is 25.0. The minimum atomic E-state index is -0.996. The number of carbonyl (C=O) groups is 2. The van der Waals surface area contributed by atoms with Crippen molar-refractivity contribution in [2.24, 2.45) is 17.3 Å². The van der Waals surface area contributed by atoms with Gasteiger partial charge in [0.15, 0.2) is 0 Å². The molecule has 0 aromatic rings. The number of aliphatic carboxylic acids is 2. The van der Waals surface area contributed by atoms with E-state index in [1.165, 1.54) is 0 Å². The standard InChI is InChI=1S/C30H56N2O4/c1-26(2)20-17-22(28(5,6)31(26)9)30(25(35)36,19-15-13-11-12-14-16-24(33)34)23-18-21-27(3,4)32(10)29(23,7)8/h22-23H,11-21H2,1-10H3,(H,33,34)(H,35,36)/p-2. The van der Waals surface area contributed by atoms with E-state index in [1.807, 2.05) is 0 Å². The fourth-order valence-electron chi connectivity index (χ4n) is 8.04. The van der Waals surface area contributed by atoms with Gasteiger partial charge < -0.3 is 19.8 Å². The number of carboxylic acid groups (broad SMARTS) is 2. The van der Waals surface area contributed by atoms with Gasteiger partial charge in [-0.2, -0.15) is 0 Å². The second kappa shape index (κ2) is 10.9. The highest BCUT2D eigenvalue weighted by molar-refractivity contribution is 5.74. The smallest absolute Gasteiger partial charge is 0.0483 e. The summed E-state index contributed by atoms with van der Waals surface area (Å²) >= 11 is 0. The maximum atomic E-state index is 13.6. The Labute approximate surface area is 221 Å². The third-order valence-corrected chi connectivity index (χ3v) is 10.9. The number of hydrogen-bond acceptors (Lipinski definition) is 6. The van der Waals surface area contributed by atoms with Crippen molar-refractivity contribution in [3.05, 3.63) is 0 Å². The first-order chi connectivity index (χ1) is 16.3. The summed E-state index contributed by atoms with van der Waals surface area (Å²) in [5.74, 6) is -1.92. The Balaban J connectivity index is 2.46. The topological polar surface area (TPSA) is 86.7 Å². The van der Waals surface area contributed by atoms with Crippen molar-refractivity contribution in [2.75, 3.05) is 14.1 Å². The van der Waals surface area contributed by atoms with E-state index in [-0.39, 0.29) is 40.4 Å². The number of carboxylic acids is 2. The van der Waals surface area contributed by atoms with Crippen LogP contribution in [0.1, 0.15) is 126 Å². The van der Waals surface area contributed by atoms with E-state index in [2.05, 4.69) is 79.3 Å². The van der Waals surface area contributed by atoms with Gasteiger partial charge in [0, 0.05) is 39.5 Å². The lowest BCUT2D eigenvalue weighted by atomic mass is 9.49. The predicted octanol–water partition coefficient (Wildman–Crippen LogP) is 4.00. The van der Waals surface area contributed by atoms with E-state index in [0.29, 0.717) is 12.8 Å². The average molecular weight is 507 g/mol. The molecule has 0 spiro atoms. The molecule has 2 fully saturated rings. The molecule has 0 amide bonds. The number of carbonyl (C=O) groups excluding carboxylic acids is 2. The zero-order chi connectivity index (χ0) is 27.7. The van der Waals surface area contributed by atoms with Crippen molar-refractivity contribution in [3.63, 3.8) is 0 Å². The highest BCUT2D eigenvalue weighted by atomic mass is 16.4. The molecule has 0 aliphatic carbocycles. The van der Waals surface area contributed by atoms with Crippen molar-refractivity contribution >= 4 is 11.9 Å². The van der Waals surface area contributed by atoms with E-state index in [0.717, 1.165) is 51.4 Å². The summed E-state index contributed by atoms with van der Waals surface area (Å²) in [6, 6.07) is 0. The molecule has 2 atom stereocenters. The number of hydrogen-bond donors (Lipinski definition) is 0. The monoisotopic (exact) mass is 506 g/mol. The Morgan fingerprint density at radius 2 is 1.11 bits per heavy atom. The number of likely N-dealkylation sites (tertiary alicyclic amines) is 2. The molecule has 0 radical (unpaired) electrons. The number of nitrogens with zero attached hydrogens (tertiary/aromatic N) is 2. The van der Waals surface area contributed by atoms with Gasteiger partial charge in [-0.25, -0.2) is 0 Å². The van der Waals surface area contributed by atoms with Crippen LogP contribution in [0.25, 0.3) is 0 Å². The first kappa shape index (κ1) is 31.1. The third kappa shape index (κ3) is 5.80. The summed E-state index contributed by atoms with van der Waals surface area (Å²) in [4.78, 5) is 29.1. The lowest BCUT2D eigenvalue weighted by Gasteiger charge is -2.66. The zero-order valence-electron chi connectivity index (χ0n) is 25.0. The Hall–Kier alpha value is -1.14. The molecule has 6 heteroatoms. The average Bonchev–Trinajstić information content (AvgIpc) is 2.74. The van der Waals surface area contributed by atoms with Gasteiger partial charge in [-0.1, -0.05) is 25.7 Å². The van der Waals surface area contributed by atoms with Gasteiger partial charge >= 0.3 is 0 Å². The van der Waals surface area contributed by atoms with Crippen LogP contribution in [0.4, 0.5) is 0 Å². The van der Waals surface area contributed by atoms with E-state index >= 15 is 0 Å². The Bertz CT molecular complexity index is 744. The van der Waals surface area contributed by atoms with E-state index in [9.17, 15) is 19.8 Å². The van der Waals surface area contributed by atoms with Crippen LogP contribution in [0.2, 0.25) is 0 Å². The lowest BCUT2D eigenvalue weighted by Crippen LogP contribution is -2.72. The van der Waals surface area contributed by atoms with Gasteiger partial charge in [-0.3, -0.25) is 9.80 Å². The third-order valence-electron chi connectivity index (χ3n) is 10.9. The maximum Gasteiger partial charge on any atom is 0.0483 e. The van der Waals surface area contributed by atoms with Gasteiger partial charge in [0.1, 0.15) is 0 Å². The van der Waals surface area contributed by atoms with E-state index in [1.54, 1.807) is 0 Å². The maximum absolute atomic E-state index is 13.6. The van der Waals surface area contributed by atoms with Crippen LogP contribution in [-0.4, -0.2) is 58.0 Å². The molecule has 2 saturated heterocycles. The highest BCUT2D eigenvalue weighted by Crippen LogP contribution is 2.59. The van der Waals surface area contributed by atoms with Gasteiger partial charge in [-0.15, -0.1) is 0 Å². The fourth-order valence-corrected chi connectivity index (χ4v) is 8.04. The van der Waals surface area contributed by atoms with Crippen LogP contribution < -0.4 is 10.2 Å². The molecule has 6 nitrogen and oxygen atoms in total. The highest BCUT2D eigenvalue weighted by Gasteiger charge is 2.61. The summed E-state index contributed by atoms with van der Waals surface area (Å²) < 4.78 is 0. The Morgan fingerprint density at radius 1 is 0.722 bits per heavy atom. The molecule has 2 unspecified atom stereocenters. The van der Waals surface area contributed by atoms with Crippen molar-refractivity contribution < 1.29 is 19.8 Å². The van der Waals surface area contributed by atoms with Crippen molar-refractivity contribution in [3.8, 4) is 0 Å². The summed E-state index contributed by atoms with van der Waals surface area (Å²) in [6.07, 6.45) is 8.49. The molecule has 2 rings (SSSR count). The quantitative estimate of drug-likeness (QED) is 0.394. The summed E-state index contributed by atoms with van der Waals surface area (Å²) in [5.41, 5.74) is -1.50. The first-order valence-electron chi connectivity index (χ1n) is 14.2. The lowest BCUT2D eigenvalue weighted by molar-refractivity contribution is -0.334. The summed E-state index contributed by atoms with van der Waals surface area (Å²) in [7, 11) is 4.31. The van der Waals surface area contributed by atoms with Crippen LogP contribution >= 0.6 is 0 Å². The predicted molar refractivity (Wildman–Crippen MR) is 142 cm³/mol. The molecular formula is C30H54N2O4-2. The van der Waals surface area contributed by atoms with Gasteiger partial charge in [-0.05, 0) is 126 Å². The molecule has 0 saturated carbocycles. The Kier molecular flexibility index (Phi) is 9.43. The molecule has 0 bridgehead atoms. The normalized spacial score (nSPS) is 29.4. The summed E-state index contributed by atoms with van der Waals surface area (Å²) in [6.45, 7) is 18.0. The van der Waals surface area contributed by atoms with Gasteiger partial charge in [0.05, 0.1) is 0 Å². The molecule has 0 aromatic carbocycles. The van der Waals surface area contributed by atoms with E-state index in [4.69, 9.17) is 0 Å². The van der Waals surface area contributed by atoms with Crippen LogP contribution in [0.15, 0.2) is 0 Å². The van der Waals surface area contributed by atoms with Crippen LogP contribution in [0, 0.1) is 17.3 Å². The molecule has 2 aliphatic rings. The van der Waals surface area contributed by atoms with Crippen molar-refractivity contribution in [1.29, 1.82) is 0 Å². The molecule has 0 aromatic heterocycles. The molecule has 36 heavy (non-hydrogen) atoms. The minimum absolute atomic E-state index is 0.0114. The molecule has 2 heterocycles. The largest absolute Gasteiger partial charge is 0.550 e. The van der Waals surface area contributed by atoms with Crippen LogP contribution in [0.5, 0.6) is 0 Å². The van der Waals surface area contributed by atoms with Crippen LogP contribution in [0.3, 0.4) is 0 Å². The van der Waals surface area contributed by atoms with Gasteiger partial charge in [0.25, 0.3) is 0 Å². The van der Waals surface area contributed by atoms with Crippen LogP contribution in [-0.2, 0) is 9.59 Å². The SMILES string of the molecule is CN1C(C)(C)CCC(C(CCCCCCCC(=O)[O-])(C(=O)[O-])C2CCC(C)(C)N(C)C2(C)C)C1(C)C. The second-order valence-corrected chi connectivity index (χ2v) is 14.2. The number of unbranched alkanes of at least 4 members (excludes halogenated alkanes) is 4. The fraction of sp³-hybridized carbons (Fsp3) is 0.933. The number of piperidine rings is 2.